The lowest BCUT2D eigenvalue weighted by Crippen LogP contribution is -2.23. The van der Waals surface area contributed by atoms with E-state index in [4.69, 9.17) is 4.74 Å². The van der Waals surface area contributed by atoms with Gasteiger partial charge in [-0.25, -0.2) is 4.98 Å². The highest BCUT2D eigenvalue weighted by Crippen LogP contribution is 2.25. The van der Waals surface area contributed by atoms with Gasteiger partial charge in [0.15, 0.2) is 0 Å². The Bertz CT molecular complexity index is 475. The Labute approximate surface area is 124 Å². The summed E-state index contributed by atoms with van der Waals surface area (Å²) in [6, 6.07) is 3.14. The molecule has 2 N–H and O–H groups in total. The average molecular weight is 294 g/mol. The monoisotopic (exact) mass is 294 g/mol. The maximum Gasteiger partial charge on any atom is 0.311 e. The third-order valence-corrected chi connectivity index (χ3v) is 3.53. The standard InChI is InChI=1S/C14H22N4O3/c1-2-7-15-13-4-3-12(18(19)20)14(17-13)16-10-11-5-8-21-9-6-11/h3-4,11H,2,5-10H2,1H3,(H2,15,16,17). The molecule has 0 radical (unpaired) electrons. The minimum Gasteiger partial charge on any atom is -0.381 e. The summed E-state index contributed by atoms with van der Waals surface area (Å²) in [4.78, 5) is 15.0. The number of nitro groups is 1. The Kier molecular flexibility index (Phi) is 5.74. The quantitative estimate of drug-likeness (QED) is 0.593. The molecule has 0 unspecified atom stereocenters. The number of nitrogens with zero attached hydrogens (tertiary/aromatic N) is 2. The fourth-order valence-corrected chi connectivity index (χ4v) is 2.27. The number of rotatable bonds is 7. The molecule has 1 aromatic rings. The Morgan fingerprint density at radius 3 is 2.81 bits per heavy atom. The molecular formula is C14H22N4O3. The van der Waals surface area contributed by atoms with Crippen LogP contribution in [0.25, 0.3) is 0 Å². The van der Waals surface area contributed by atoms with E-state index in [2.05, 4.69) is 22.5 Å². The minimum absolute atomic E-state index is 0.0177. The lowest BCUT2D eigenvalue weighted by Gasteiger charge is -2.22. The summed E-state index contributed by atoms with van der Waals surface area (Å²) >= 11 is 0. The predicted molar refractivity (Wildman–Crippen MR) is 81.7 cm³/mol. The van der Waals surface area contributed by atoms with Crippen LogP contribution in [0, 0.1) is 16.0 Å². The lowest BCUT2D eigenvalue weighted by molar-refractivity contribution is -0.384. The van der Waals surface area contributed by atoms with Crippen molar-refractivity contribution in [2.75, 3.05) is 36.9 Å². The van der Waals surface area contributed by atoms with Crippen molar-refractivity contribution >= 4 is 17.3 Å². The summed E-state index contributed by atoms with van der Waals surface area (Å²) in [6.45, 7) is 5.07. The molecular weight excluding hydrogens is 272 g/mol. The second kappa shape index (κ2) is 7.78. The summed E-state index contributed by atoms with van der Waals surface area (Å²) < 4.78 is 5.32. The van der Waals surface area contributed by atoms with Crippen LogP contribution < -0.4 is 10.6 Å². The predicted octanol–water partition coefficient (Wildman–Crippen LogP) is 2.65. The molecule has 1 aliphatic rings. The van der Waals surface area contributed by atoms with Crippen molar-refractivity contribution in [3.63, 3.8) is 0 Å². The van der Waals surface area contributed by atoms with E-state index in [1.54, 1.807) is 6.07 Å². The van der Waals surface area contributed by atoms with Gasteiger partial charge in [-0.15, -0.1) is 0 Å². The van der Waals surface area contributed by atoms with Crippen LogP contribution in [0.15, 0.2) is 12.1 Å². The van der Waals surface area contributed by atoms with Gasteiger partial charge in [-0.2, -0.15) is 0 Å². The normalized spacial score (nSPS) is 15.7. The zero-order valence-corrected chi connectivity index (χ0v) is 12.3. The molecule has 0 saturated carbocycles. The average Bonchev–Trinajstić information content (AvgIpc) is 2.51. The first kappa shape index (κ1) is 15.5. The van der Waals surface area contributed by atoms with Crippen molar-refractivity contribution in [1.82, 2.24) is 4.98 Å². The van der Waals surface area contributed by atoms with Crippen LogP contribution in [-0.2, 0) is 4.74 Å². The number of nitrogens with one attached hydrogen (secondary N) is 2. The van der Waals surface area contributed by atoms with Gasteiger partial charge in [0.05, 0.1) is 4.92 Å². The van der Waals surface area contributed by atoms with Gasteiger partial charge in [0, 0.05) is 32.4 Å². The Hall–Kier alpha value is -1.89. The molecule has 0 amide bonds. The zero-order chi connectivity index (χ0) is 15.1. The van der Waals surface area contributed by atoms with Gasteiger partial charge in [-0.1, -0.05) is 6.92 Å². The van der Waals surface area contributed by atoms with Crippen LogP contribution in [0.2, 0.25) is 0 Å². The molecule has 0 aromatic carbocycles. The topological polar surface area (TPSA) is 89.3 Å². The molecule has 116 valence electrons. The van der Waals surface area contributed by atoms with Gasteiger partial charge < -0.3 is 15.4 Å². The second-order valence-electron chi connectivity index (χ2n) is 5.18. The van der Waals surface area contributed by atoms with Crippen molar-refractivity contribution in [3.05, 3.63) is 22.2 Å². The highest BCUT2D eigenvalue weighted by Gasteiger charge is 2.19. The van der Waals surface area contributed by atoms with Crippen LogP contribution in [0.4, 0.5) is 17.3 Å². The van der Waals surface area contributed by atoms with Crippen LogP contribution >= 0.6 is 0 Å². The fraction of sp³-hybridized carbons (Fsp3) is 0.643. The molecule has 2 rings (SSSR count). The SMILES string of the molecule is CCCNc1ccc([N+](=O)[O-])c(NCC2CCOCC2)n1. The van der Waals surface area contributed by atoms with Crippen LogP contribution in [0.3, 0.4) is 0 Å². The molecule has 1 saturated heterocycles. The zero-order valence-electron chi connectivity index (χ0n) is 12.3. The first-order valence-electron chi connectivity index (χ1n) is 7.41. The van der Waals surface area contributed by atoms with Gasteiger partial charge in [0.2, 0.25) is 5.82 Å². The molecule has 7 nitrogen and oxygen atoms in total. The molecule has 7 heteroatoms. The molecule has 1 fully saturated rings. The van der Waals surface area contributed by atoms with E-state index < -0.39 is 4.92 Å². The van der Waals surface area contributed by atoms with Gasteiger partial charge >= 0.3 is 5.69 Å². The highest BCUT2D eigenvalue weighted by atomic mass is 16.6. The lowest BCUT2D eigenvalue weighted by atomic mass is 10.0. The Balaban J connectivity index is 2.04. The Morgan fingerprint density at radius 2 is 2.14 bits per heavy atom. The number of hydrogen-bond donors (Lipinski definition) is 2. The Morgan fingerprint density at radius 1 is 1.38 bits per heavy atom. The summed E-state index contributed by atoms with van der Waals surface area (Å²) in [5.74, 6) is 1.48. The molecule has 0 bridgehead atoms. The largest absolute Gasteiger partial charge is 0.381 e. The van der Waals surface area contributed by atoms with Crippen molar-refractivity contribution in [2.45, 2.75) is 26.2 Å². The van der Waals surface area contributed by atoms with E-state index in [9.17, 15) is 10.1 Å². The number of hydrogen-bond acceptors (Lipinski definition) is 6. The molecule has 2 heterocycles. The highest BCUT2D eigenvalue weighted by molar-refractivity contribution is 5.60. The first-order valence-corrected chi connectivity index (χ1v) is 7.41. The van der Waals surface area contributed by atoms with Crippen LogP contribution in [0.5, 0.6) is 0 Å². The van der Waals surface area contributed by atoms with Crippen LogP contribution in [0.1, 0.15) is 26.2 Å². The van der Waals surface area contributed by atoms with E-state index in [0.29, 0.717) is 24.1 Å². The van der Waals surface area contributed by atoms with Gasteiger partial charge in [0.25, 0.3) is 0 Å². The second-order valence-corrected chi connectivity index (χ2v) is 5.18. The molecule has 0 atom stereocenters. The molecule has 0 spiro atoms. The first-order chi connectivity index (χ1) is 10.2. The molecule has 1 aromatic heterocycles. The van der Waals surface area contributed by atoms with Crippen LogP contribution in [-0.4, -0.2) is 36.2 Å². The third-order valence-electron chi connectivity index (χ3n) is 3.53. The minimum atomic E-state index is -0.400. The number of anilines is 2. The van der Waals surface area contributed by atoms with Gasteiger partial charge in [-0.05, 0) is 31.2 Å². The van der Waals surface area contributed by atoms with Gasteiger partial charge in [0.1, 0.15) is 5.82 Å². The van der Waals surface area contributed by atoms with Crippen molar-refractivity contribution in [3.8, 4) is 0 Å². The summed E-state index contributed by atoms with van der Waals surface area (Å²) in [6.07, 6.45) is 2.94. The van der Waals surface area contributed by atoms with E-state index >= 15 is 0 Å². The smallest absolute Gasteiger partial charge is 0.311 e. The van der Waals surface area contributed by atoms with Crippen molar-refractivity contribution in [1.29, 1.82) is 0 Å². The van der Waals surface area contributed by atoms with E-state index in [0.717, 1.165) is 39.0 Å². The summed E-state index contributed by atoms with van der Waals surface area (Å²) in [5, 5.41) is 17.4. The summed E-state index contributed by atoms with van der Waals surface area (Å²) in [7, 11) is 0. The third kappa shape index (κ3) is 4.56. The summed E-state index contributed by atoms with van der Waals surface area (Å²) in [5.41, 5.74) is 0.0177. The van der Waals surface area contributed by atoms with Crippen molar-refractivity contribution in [2.24, 2.45) is 5.92 Å². The molecule has 1 aliphatic heterocycles. The van der Waals surface area contributed by atoms with E-state index in [1.807, 2.05) is 0 Å². The van der Waals surface area contributed by atoms with Crippen molar-refractivity contribution < 1.29 is 9.66 Å². The maximum absolute atomic E-state index is 11.1. The molecule has 21 heavy (non-hydrogen) atoms. The molecule has 0 aliphatic carbocycles. The number of pyridine rings is 1. The maximum atomic E-state index is 11.1. The fourth-order valence-electron chi connectivity index (χ4n) is 2.27. The number of ether oxygens (including phenoxy) is 1. The number of aromatic nitrogens is 1. The van der Waals surface area contributed by atoms with E-state index in [1.165, 1.54) is 6.07 Å². The van der Waals surface area contributed by atoms with Gasteiger partial charge in [-0.3, -0.25) is 10.1 Å². The van der Waals surface area contributed by atoms with E-state index in [-0.39, 0.29) is 5.69 Å².